The lowest BCUT2D eigenvalue weighted by molar-refractivity contribution is 0.114. The second kappa shape index (κ2) is 9.53. The predicted molar refractivity (Wildman–Crippen MR) is 111 cm³/mol. The Morgan fingerprint density at radius 1 is 1.19 bits per heavy atom. The molecule has 6 nitrogen and oxygen atoms in total. The van der Waals surface area contributed by atoms with E-state index in [-0.39, 0.29) is 0 Å². The molecule has 0 aliphatic carbocycles. The first-order valence-corrected chi connectivity index (χ1v) is 9.52. The number of hydrogen-bond donors (Lipinski definition) is 2. The highest BCUT2D eigenvalue weighted by Crippen LogP contribution is 2.19. The second-order valence-electron chi connectivity index (χ2n) is 6.66. The van der Waals surface area contributed by atoms with Crippen LogP contribution < -0.4 is 20.1 Å². The molecule has 0 radical (unpaired) electrons. The molecule has 27 heavy (non-hydrogen) atoms. The number of hydrogen-bond acceptors (Lipinski definition) is 5. The molecular weight excluding hydrogens is 360 g/mol. The third kappa shape index (κ3) is 6.08. The first kappa shape index (κ1) is 19.4. The minimum Gasteiger partial charge on any atom is -0.490 e. The number of rotatable bonds is 6. The summed E-state index contributed by atoms with van der Waals surface area (Å²) in [6.07, 6.45) is 4.17. The summed E-state index contributed by atoms with van der Waals surface area (Å²) in [6.45, 7) is 2.84. The number of nitrogens with zero attached hydrogens (tertiary/aromatic N) is 2. The van der Waals surface area contributed by atoms with E-state index < -0.39 is 0 Å². The number of nitrogens with one attached hydrogen (secondary N) is 2. The maximum atomic E-state index is 6.08. The summed E-state index contributed by atoms with van der Waals surface area (Å²) >= 11 is 5.33. The standard InChI is InChI=1S/C20H26N4O2S/c1-24-11-9-18(10-12-24)26-17-6-3-15(4-7-17)13-22-20(27)23-16-5-8-19(25-2)21-14-16/h3-8,14,18H,9-13H2,1-2H3,(H2,22,23,27). The van der Waals surface area contributed by atoms with Gasteiger partial charge in [-0.2, -0.15) is 0 Å². The number of pyridine rings is 1. The Morgan fingerprint density at radius 2 is 1.93 bits per heavy atom. The van der Waals surface area contributed by atoms with Crippen LogP contribution in [0.4, 0.5) is 5.69 Å². The zero-order chi connectivity index (χ0) is 19.1. The van der Waals surface area contributed by atoms with Gasteiger partial charge in [0, 0.05) is 25.7 Å². The molecule has 1 aliphatic rings. The highest BCUT2D eigenvalue weighted by molar-refractivity contribution is 7.80. The van der Waals surface area contributed by atoms with E-state index in [0.717, 1.165) is 42.9 Å². The summed E-state index contributed by atoms with van der Waals surface area (Å²) in [5.41, 5.74) is 1.96. The van der Waals surface area contributed by atoms with Crippen molar-refractivity contribution in [3.8, 4) is 11.6 Å². The summed E-state index contributed by atoms with van der Waals surface area (Å²) in [5.74, 6) is 1.50. The summed E-state index contributed by atoms with van der Waals surface area (Å²) in [5, 5.41) is 6.85. The minimum atomic E-state index is 0.319. The van der Waals surface area contributed by atoms with Crippen LogP contribution in [0.25, 0.3) is 0 Å². The number of aromatic nitrogens is 1. The second-order valence-corrected chi connectivity index (χ2v) is 7.07. The molecule has 2 N–H and O–H groups in total. The lowest BCUT2D eigenvalue weighted by Gasteiger charge is -2.29. The van der Waals surface area contributed by atoms with Gasteiger partial charge in [0.25, 0.3) is 0 Å². The van der Waals surface area contributed by atoms with Crippen LogP contribution in [0.1, 0.15) is 18.4 Å². The largest absolute Gasteiger partial charge is 0.490 e. The van der Waals surface area contributed by atoms with Gasteiger partial charge in [0.05, 0.1) is 19.0 Å². The monoisotopic (exact) mass is 386 g/mol. The summed E-state index contributed by atoms with van der Waals surface area (Å²) in [7, 11) is 3.74. The van der Waals surface area contributed by atoms with E-state index in [0.29, 0.717) is 23.6 Å². The molecule has 0 spiro atoms. The van der Waals surface area contributed by atoms with Gasteiger partial charge in [0.1, 0.15) is 11.9 Å². The van der Waals surface area contributed by atoms with E-state index in [1.165, 1.54) is 0 Å². The molecule has 1 aromatic carbocycles. The van der Waals surface area contributed by atoms with Crippen LogP contribution in [0.3, 0.4) is 0 Å². The van der Waals surface area contributed by atoms with E-state index >= 15 is 0 Å². The topological polar surface area (TPSA) is 58.6 Å². The molecule has 1 saturated heterocycles. The normalized spacial score (nSPS) is 15.2. The van der Waals surface area contributed by atoms with Gasteiger partial charge in [0.2, 0.25) is 5.88 Å². The molecule has 1 aromatic heterocycles. The highest BCUT2D eigenvalue weighted by atomic mass is 32.1. The van der Waals surface area contributed by atoms with Crippen LogP contribution in [-0.4, -0.2) is 48.3 Å². The number of methoxy groups -OCH3 is 1. The molecular formula is C20H26N4O2S. The molecule has 1 fully saturated rings. The van der Waals surface area contributed by atoms with Crippen molar-refractivity contribution in [1.29, 1.82) is 0 Å². The Labute approximate surface area is 165 Å². The van der Waals surface area contributed by atoms with Crippen molar-refractivity contribution in [2.24, 2.45) is 0 Å². The third-order valence-corrected chi connectivity index (χ3v) is 4.79. The SMILES string of the molecule is COc1ccc(NC(=S)NCc2ccc(OC3CCN(C)CC3)cc2)cn1. The third-order valence-electron chi connectivity index (χ3n) is 4.55. The van der Waals surface area contributed by atoms with Crippen LogP contribution in [-0.2, 0) is 6.54 Å². The first-order valence-electron chi connectivity index (χ1n) is 9.11. The summed E-state index contributed by atoms with van der Waals surface area (Å²) in [4.78, 5) is 6.48. The van der Waals surface area contributed by atoms with E-state index in [2.05, 4.69) is 39.7 Å². The van der Waals surface area contributed by atoms with Gasteiger partial charge in [-0.15, -0.1) is 0 Å². The Kier molecular flexibility index (Phi) is 6.84. The Hall–Kier alpha value is -2.38. The van der Waals surface area contributed by atoms with Gasteiger partial charge >= 0.3 is 0 Å². The maximum absolute atomic E-state index is 6.08. The van der Waals surface area contributed by atoms with Crippen molar-refractivity contribution in [3.63, 3.8) is 0 Å². The quantitative estimate of drug-likeness (QED) is 0.740. The average Bonchev–Trinajstić information content (AvgIpc) is 2.70. The zero-order valence-electron chi connectivity index (χ0n) is 15.8. The molecule has 144 valence electrons. The summed E-state index contributed by atoms with van der Waals surface area (Å²) in [6, 6.07) is 11.8. The highest BCUT2D eigenvalue weighted by Gasteiger charge is 2.17. The molecule has 0 saturated carbocycles. The first-order chi connectivity index (χ1) is 13.1. The lowest BCUT2D eigenvalue weighted by Crippen LogP contribution is -2.35. The number of ether oxygens (including phenoxy) is 2. The van der Waals surface area contributed by atoms with Crippen molar-refractivity contribution in [2.75, 3.05) is 32.6 Å². The van der Waals surface area contributed by atoms with E-state index in [4.69, 9.17) is 21.7 Å². The van der Waals surface area contributed by atoms with E-state index in [9.17, 15) is 0 Å². The van der Waals surface area contributed by atoms with Gasteiger partial charge in [-0.05, 0) is 55.9 Å². The Morgan fingerprint density at radius 3 is 2.56 bits per heavy atom. The summed E-state index contributed by atoms with van der Waals surface area (Å²) < 4.78 is 11.1. The van der Waals surface area contributed by atoms with Crippen molar-refractivity contribution >= 4 is 23.0 Å². The van der Waals surface area contributed by atoms with E-state index in [1.54, 1.807) is 19.4 Å². The van der Waals surface area contributed by atoms with Crippen LogP contribution >= 0.6 is 12.2 Å². The van der Waals surface area contributed by atoms with Crippen molar-refractivity contribution in [2.45, 2.75) is 25.5 Å². The molecule has 7 heteroatoms. The molecule has 0 amide bonds. The molecule has 1 aliphatic heterocycles. The van der Waals surface area contributed by atoms with Gasteiger partial charge in [-0.3, -0.25) is 0 Å². The number of piperidine rings is 1. The Balaban J connectivity index is 1.43. The number of anilines is 1. The molecule has 0 atom stereocenters. The number of benzene rings is 1. The lowest BCUT2D eigenvalue weighted by atomic mass is 10.1. The molecule has 0 unspecified atom stereocenters. The minimum absolute atomic E-state index is 0.319. The predicted octanol–water partition coefficient (Wildman–Crippen LogP) is 3.05. The fraction of sp³-hybridized carbons (Fsp3) is 0.400. The Bertz CT molecular complexity index is 729. The molecule has 0 bridgehead atoms. The van der Waals surface area contributed by atoms with Gasteiger partial charge in [-0.25, -0.2) is 4.98 Å². The molecule has 3 rings (SSSR count). The molecule has 2 aromatic rings. The smallest absolute Gasteiger partial charge is 0.213 e. The zero-order valence-corrected chi connectivity index (χ0v) is 16.6. The van der Waals surface area contributed by atoms with Crippen molar-refractivity contribution < 1.29 is 9.47 Å². The van der Waals surface area contributed by atoms with E-state index in [1.807, 2.05) is 18.2 Å². The van der Waals surface area contributed by atoms with Gasteiger partial charge in [-0.1, -0.05) is 12.1 Å². The van der Waals surface area contributed by atoms with Crippen LogP contribution in [0.5, 0.6) is 11.6 Å². The average molecular weight is 387 g/mol. The van der Waals surface area contributed by atoms with Crippen LogP contribution in [0, 0.1) is 0 Å². The maximum Gasteiger partial charge on any atom is 0.213 e. The fourth-order valence-electron chi connectivity index (χ4n) is 2.91. The van der Waals surface area contributed by atoms with Gasteiger partial charge in [0.15, 0.2) is 5.11 Å². The number of thiocarbonyl (C=S) groups is 1. The fourth-order valence-corrected chi connectivity index (χ4v) is 3.10. The van der Waals surface area contributed by atoms with Crippen molar-refractivity contribution in [1.82, 2.24) is 15.2 Å². The van der Waals surface area contributed by atoms with Crippen LogP contribution in [0.2, 0.25) is 0 Å². The van der Waals surface area contributed by atoms with Gasteiger partial charge < -0.3 is 25.0 Å². The molecule has 2 heterocycles. The number of likely N-dealkylation sites (tertiary alicyclic amines) is 1. The van der Waals surface area contributed by atoms with Crippen LogP contribution in [0.15, 0.2) is 42.6 Å². The van der Waals surface area contributed by atoms with Crippen molar-refractivity contribution in [3.05, 3.63) is 48.2 Å².